The van der Waals surface area contributed by atoms with Crippen LogP contribution in [0.3, 0.4) is 0 Å². The van der Waals surface area contributed by atoms with Gasteiger partial charge in [0, 0.05) is 26.2 Å². The maximum atomic E-state index is 12.6. The second-order valence-electron chi connectivity index (χ2n) is 6.64. The molecule has 2 amide bonds. The summed E-state index contributed by atoms with van der Waals surface area (Å²) < 4.78 is 5.65. The van der Waals surface area contributed by atoms with Crippen LogP contribution >= 0.6 is 23.2 Å². The molecule has 1 aliphatic carbocycles. The fraction of sp³-hybridized carbons (Fsp3) is 0.556. The summed E-state index contributed by atoms with van der Waals surface area (Å²) in [6, 6.07) is 5.03. The highest BCUT2D eigenvalue weighted by molar-refractivity contribution is 6.43. The predicted octanol–water partition coefficient (Wildman–Crippen LogP) is 3.09. The molecule has 7 heteroatoms. The molecule has 1 unspecified atom stereocenters. The molecule has 136 valence electrons. The van der Waals surface area contributed by atoms with Crippen molar-refractivity contribution in [1.29, 1.82) is 0 Å². The lowest BCUT2D eigenvalue weighted by Gasteiger charge is -2.36. The Morgan fingerprint density at radius 1 is 1.16 bits per heavy atom. The molecule has 2 fully saturated rings. The minimum absolute atomic E-state index is 0.00598. The Bertz CT molecular complexity index is 656. The lowest BCUT2D eigenvalue weighted by Crippen LogP contribution is -2.53. The summed E-state index contributed by atoms with van der Waals surface area (Å²) in [6.07, 6.45) is 1.98. The van der Waals surface area contributed by atoms with Crippen molar-refractivity contribution in [2.45, 2.75) is 25.9 Å². The maximum Gasteiger partial charge on any atom is 0.255 e. The largest absolute Gasteiger partial charge is 0.368 e. The lowest BCUT2D eigenvalue weighted by molar-refractivity contribution is -0.144. The van der Waals surface area contributed by atoms with Crippen LogP contribution < -0.4 is 0 Å². The highest BCUT2D eigenvalue weighted by Gasteiger charge is 2.30. The lowest BCUT2D eigenvalue weighted by atomic mass is 10.1. The van der Waals surface area contributed by atoms with Crippen molar-refractivity contribution in [2.75, 3.05) is 32.8 Å². The van der Waals surface area contributed by atoms with Gasteiger partial charge in [0.15, 0.2) is 0 Å². The number of piperazine rings is 1. The summed E-state index contributed by atoms with van der Waals surface area (Å²) in [5.41, 5.74) is 0.398. The molecule has 1 saturated heterocycles. The summed E-state index contributed by atoms with van der Waals surface area (Å²) in [5.74, 6) is 0.471. The molecule has 25 heavy (non-hydrogen) atoms. The second kappa shape index (κ2) is 7.94. The molecule has 3 rings (SSSR count). The zero-order valence-electron chi connectivity index (χ0n) is 14.2. The summed E-state index contributed by atoms with van der Waals surface area (Å²) in [4.78, 5) is 28.5. The van der Waals surface area contributed by atoms with Gasteiger partial charge in [-0.25, -0.2) is 0 Å². The molecule has 1 saturated carbocycles. The number of hydrogen-bond acceptors (Lipinski definition) is 3. The van der Waals surface area contributed by atoms with Gasteiger partial charge in [-0.3, -0.25) is 9.59 Å². The van der Waals surface area contributed by atoms with Crippen molar-refractivity contribution in [3.05, 3.63) is 33.8 Å². The first-order valence-electron chi connectivity index (χ1n) is 8.61. The average Bonchev–Trinajstić information content (AvgIpc) is 3.45. The van der Waals surface area contributed by atoms with Gasteiger partial charge in [0.25, 0.3) is 11.8 Å². The van der Waals surface area contributed by atoms with Gasteiger partial charge >= 0.3 is 0 Å². The third-order valence-electron chi connectivity index (χ3n) is 4.69. The normalized spacial score (nSPS) is 19.0. The van der Waals surface area contributed by atoms with Crippen LogP contribution in [-0.4, -0.2) is 60.5 Å². The first-order valence-corrected chi connectivity index (χ1v) is 9.36. The molecule has 2 aliphatic rings. The highest BCUT2D eigenvalue weighted by Crippen LogP contribution is 2.29. The van der Waals surface area contributed by atoms with Crippen LogP contribution in [0.5, 0.6) is 0 Å². The van der Waals surface area contributed by atoms with Crippen molar-refractivity contribution in [3.8, 4) is 0 Å². The maximum absolute atomic E-state index is 12.6. The zero-order chi connectivity index (χ0) is 18.0. The third-order valence-corrected chi connectivity index (χ3v) is 5.51. The SMILES string of the molecule is CC(OCC1CC1)C(=O)N1CCN(C(=O)c2cccc(Cl)c2Cl)CC1. The Kier molecular flexibility index (Phi) is 5.87. The van der Waals surface area contributed by atoms with E-state index in [0.29, 0.717) is 49.3 Å². The van der Waals surface area contributed by atoms with Gasteiger partial charge < -0.3 is 14.5 Å². The Morgan fingerprint density at radius 2 is 1.80 bits per heavy atom. The number of nitrogens with zero attached hydrogens (tertiary/aromatic N) is 2. The van der Waals surface area contributed by atoms with Crippen LogP contribution in [0.1, 0.15) is 30.1 Å². The van der Waals surface area contributed by atoms with E-state index in [4.69, 9.17) is 27.9 Å². The number of halogens is 2. The van der Waals surface area contributed by atoms with Crippen molar-refractivity contribution in [2.24, 2.45) is 5.92 Å². The smallest absolute Gasteiger partial charge is 0.255 e. The number of carbonyl (C=O) groups excluding carboxylic acids is 2. The summed E-state index contributed by atoms with van der Waals surface area (Å²) >= 11 is 12.1. The summed E-state index contributed by atoms with van der Waals surface area (Å²) in [5, 5.41) is 0.637. The quantitative estimate of drug-likeness (QED) is 0.783. The van der Waals surface area contributed by atoms with E-state index in [1.807, 2.05) is 0 Å². The molecular weight excluding hydrogens is 363 g/mol. The minimum Gasteiger partial charge on any atom is -0.368 e. The van der Waals surface area contributed by atoms with Crippen molar-refractivity contribution in [1.82, 2.24) is 9.80 Å². The van der Waals surface area contributed by atoms with Crippen molar-refractivity contribution >= 4 is 35.0 Å². The Hall–Kier alpha value is -1.30. The Labute approximate surface area is 157 Å². The predicted molar refractivity (Wildman–Crippen MR) is 97.1 cm³/mol. The van der Waals surface area contributed by atoms with Crippen LogP contribution in [0, 0.1) is 5.92 Å². The van der Waals surface area contributed by atoms with Gasteiger partial charge in [-0.05, 0) is 37.8 Å². The van der Waals surface area contributed by atoms with E-state index in [1.54, 1.807) is 34.9 Å². The monoisotopic (exact) mass is 384 g/mol. The topological polar surface area (TPSA) is 49.9 Å². The molecule has 1 aromatic rings. The van der Waals surface area contributed by atoms with E-state index in [0.717, 1.165) is 0 Å². The zero-order valence-corrected chi connectivity index (χ0v) is 15.7. The van der Waals surface area contributed by atoms with Gasteiger partial charge in [-0.15, -0.1) is 0 Å². The molecule has 1 atom stereocenters. The molecule has 0 bridgehead atoms. The average molecular weight is 385 g/mol. The van der Waals surface area contributed by atoms with E-state index in [-0.39, 0.29) is 16.8 Å². The van der Waals surface area contributed by atoms with E-state index < -0.39 is 6.10 Å². The van der Waals surface area contributed by atoms with E-state index >= 15 is 0 Å². The van der Waals surface area contributed by atoms with Crippen LogP contribution in [0.2, 0.25) is 10.0 Å². The summed E-state index contributed by atoms with van der Waals surface area (Å²) in [7, 11) is 0. The van der Waals surface area contributed by atoms with Gasteiger partial charge in [0.1, 0.15) is 6.10 Å². The number of hydrogen-bond donors (Lipinski definition) is 0. The van der Waals surface area contributed by atoms with Crippen molar-refractivity contribution in [3.63, 3.8) is 0 Å². The second-order valence-corrected chi connectivity index (χ2v) is 7.42. The number of benzene rings is 1. The number of carbonyl (C=O) groups is 2. The molecule has 0 aromatic heterocycles. The van der Waals surface area contributed by atoms with E-state index in [2.05, 4.69) is 0 Å². The molecule has 0 spiro atoms. The fourth-order valence-corrected chi connectivity index (χ4v) is 3.24. The van der Waals surface area contributed by atoms with Crippen LogP contribution in [0.25, 0.3) is 0 Å². The van der Waals surface area contributed by atoms with Crippen molar-refractivity contribution < 1.29 is 14.3 Å². The van der Waals surface area contributed by atoms with E-state index in [9.17, 15) is 9.59 Å². The van der Waals surface area contributed by atoms with Gasteiger partial charge in [0.2, 0.25) is 0 Å². The Morgan fingerprint density at radius 3 is 2.44 bits per heavy atom. The molecule has 0 N–H and O–H groups in total. The van der Waals surface area contributed by atoms with Gasteiger partial charge in [0.05, 0.1) is 22.2 Å². The highest BCUT2D eigenvalue weighted by atomic mass is 35.5. The van der Waals surface area contributed by atoms with Gasteiger partial charge in [-0.2, -0.15) is 0 Å². The first-order chi connectivity index (χ1) is 12.0. The molecule has 1 heterocycles. The van der Waals surface area contributed by atoms with E-state index in [1.165, 1.54) is 12.8 Å². The number of ether oxygens (including phenoxy) is 1. The number of amides is 2. The van der Waals surface area contributed by atoms with Crippen LogP contribution in [-0.2, 0) is 9.53 Å². The van der Waals surface area contributed by atoms with Gasteiger partial charge in [-0.1, -0.05) is 29.3 Å². The first kappa shape index (κ1) is 18.5. The molecule has 0 radical (unpaired) electrons. The minimum atomic E-state index is -0.426. The fourth-order valence-electron chi connectivity index (χ4n) is 2.86. The molecular formula is C18H22Cl2N2O3. The standard InChI is InChI=1S/C18H22Cl2N2O3/c1-12(25-11-13-5-6-13)17(23)21-7-9-22(10-8-21)18(24)14-3-2-4-15(19)16(14)20/h2-4,12-13H,5-11H2,1H3. The third kappa shape index (κ3) is 4.46. The van der Waals surface area contributed by atoms with Crippen LogP contribution in [0.4, 0.5) is 0 Å². The molecule has 1 aromatic carbocycles. The Balaban J connectivity index is 1.53. The molecule has 1 aliphatic heterocycles. The summed E-state index contributed by atoms with van der Waals surface area (Å²) in [6.45, 7) is 4.41. The molecule has 5 nitrogen and oxygen atoms in total. The number of rotatable bonds is 5. The van der Waals surface area contributed by atoms with Crippen LogP contribution in [0.15, 0.2) is 18.2 Å².